The summed E-state index contributed by atoms with van der Waals surface area (Å²) in [7, 11) is 1.14. The number of hydrogen-bond acceptors (Lipinski definition) is 4. The third kappa shape index (κ3) is 8.25. The Labute approximate surface area is 102 Å². The van der Waals surface area contributed by atoms with E-state index in [1.165, 1.54) is 5.57 Å². The molecule has 0 aliphatic rings. The summed E-state index contributed by atoms with van der Waals surface area (Å²) in [5, 5.41) is 0. The van der Waals surface area contributed by atoms with Crippen molar-refractivity contribution < 1.29 is 19.1 Å². The molecule has 0 aromatic carbocycles. The number of carbonyl (C=O) groups excluding carboxylic acids is 2. The van der Waals surface area contributed by atoms with Crippen molar-refractivity contribution in [2.45, 2.75) is 33.6 Å². The molecule has 0 N–H and O–H groups in total. The van der Waals surface area contributed by atoms with Gasteiger partial charge in [0.1, 0.15) is 6.61 Å². The zero-order valence-electron chi connectivity index (χ0n) is 10.9. The smallest absolute Gasteiger partial charge is 0.417 e. The summed E-state index contributed by atoms with van der Waals surface area (Å²) in [5.41, 5.74) is 2.41. The van der Waals surface area contributed by atoms with Crippen LogP contribution in [0.5, 0.6) is 0 Å². The minimum atomic E-state index is -0.972. The van der Waals surface area contributed by atoms with Gasteiger partial charge in [0.25, 0.3) is 0 Å². The topological polar surface area (TPSA) is 52.6 Å². The molecule has 0 unspecified atom stereocenters. The first kappa shape index (κ1) is 15.4. The van der Waals surface area contributed by atoms with E-state index in [4.69, 9.17) is 0 Å². The van der Waals surface area contributed by atoms with Gasteiger partial charge in [0.15, 0.2) is 0 Å². The second-order valence-corrected chi connectivity index (χ2v) is 3.96. The van der Waals surface area contributed by atoms with Crippen LogP contribution in [0.2, 0.25) is 0 Å². The summed E-state index contributed by atoms with van der Waals surface area (Å²) in [6.07, 6.45) is 5.83. The predicted octanol–water partition coefficient (Wildman–Crippen LogP) is 2.40. The van der Waals surface area contributed by atoms with Crippen LogP contribution >= 0.6 is 0 Å². The van der Waals surface area contributed by atoms with Gasteiger partial charge in [0.05, 0.1) is 7.11 Å². The van der Waals surface area contributed by atoms with E-state index in [1.807, 2.05) is 6.92 Å². The molecule has 0 aliphatic carbocycles. The van der Waals surface area contributed by atoms with Gasteiger partial charge in [-0.1, -0.05) is 17.2 Å². The first-order chi connectivity index (χ1) is 7.97. The lowest BCUT2D eigenvalue weighted by Crippen LogP contribution is -2.18. The molecule has 0 aromatic rings. The molecule has 0 bridgehead atoms. The minimum Gasteiger partial charge on any atom is -0.461 e. The fourth-order valence-corrected chi connectivity index (χ4v) is 1.09. The Morgan fingerprint density at radius 1 is 1.06 bits per heavy atom. The lowest BCUT2D eigenvalue weighted by atomic mass is 10.1. The molecule has 0 aromatic heterocycles. The number of hydrogen-bond donors (Lipinski definition) is 0. The van der Waals surface area contributed by atoms with E-state index in [-0.39, 0.29) is 6.61 Å². The Kier molecular flexibility index (Phi) is 7.76. The van der Waals surface area contributed by atoms with Crippen molar-refractivity contribution in [2.24, 2.45) is 0 Å². The van der Waals surface area contributed by atoms with Crippen LogP contribution in [0.25, 0.3) is 0 Å². The largest absolute Gasteiger partial charge is 0.461 e. The van der Waals surface area contributed by atoms with Gasteiger partial charge in [-0.2, -0.15) is 0 Å². The van der Waals surface area contributed by atoms with Crippen molar-refractivity contribution in [3.05, 3.63) is 23.3 Å². The fraction of sp³-hybridized carbons (Fsp3) is 0.538. The average molecular weight is 240 g/mol. The van der Waals surface area contributed by atoms with E-state index >= 15 is 0 Å². The first-order valence-corrected chi connectivity index (χ1v) is 5.51. The zero-order valence-corrected chi connectivity index (χ0v) is 10.9. The Hall–Kier alpha value is -1.58. The number of carbonyl (C=O) groups is 2. The van der Waals surface area contributed by atoms with Crippen LogP contribution in [-0.2, 0) is 19.1 Å². The average Bonchev–Trinajstić information content (AvgIpc) is 2.27. The third-order valence-electron chi connectivity index (χ3n) is 2.09. The lowest BCUT2D eigenvalue weighted by molar-refractivity contribution is -0.165. The molecule has 0 atom stereocenters. The molecule has 0 aliphatic heterocycles. The van der Waals surface area contributed by atoms with Gasteiger partial charge in [-0.15, -0.1) is 0 Å². The van der Waals surface area contributed by atoms with Crippen LogP contribution in [-0.4, -0.2) is 25.7 Å². The molecule has 96 valence electrons. The molecule has 0 heterocycles. The number of esters is 2. The SMILES string of the molecule is COC(=O)C(=O)OCC=C(C)CCC=C(C)C. The summed E-state index contributed by atoms with van der Waals surface area (Å²) in [6.45, 7) is 6.17. The lowest BCUT2D eigenvalue weighted by Gasteiger charge is -2.01. The monoisotopic (exact) mass is 240 g/mol. The summed E-state index contributed by atoms with van der Waals surface area (Å²) < 4.78 is 8.91. The van der Waals surface area contributed by atoms with E-state index in [0.717, 1.165) is 25.5 Å². The first-order valence-electron chi connectivity index (χ1n) is 5.51. The van der Waals surface area contributed by atoms with Crippen LogP contribution in [0, 0.1) is 0 Å². The number of rotatable bonds is 5. The maximum atomic E-state index is 10.9. The van der Waals surface area contributed by atoms with Crippen LogP contribution in [0.15, 0.2) is 23.3 Å². The van der Waals surface area contributed by atoms with E-state index in [1.54, 1.807) is 6.08 Å². The molecule has 0 fully saturated rings. The summed E-state index contributed by atoms with van der Waals surface area (Å²) in [4.78, 5) is 21.6. The maximum Gasteiger partial charge on any atom is 0.417 e. The molecular weight excluding hydrogens is 220 g/mol. The Morgan fingerprint density at radius 2 is 1.71 bits per heavy atom. The van der Waals surface area contributed by atoms with Crippen molar-refractivity contribution in [3.8, 4) is 0 Å². The molecule has 0 saturated carbocycles. The van der Waals surface area contributed by atoms with Gasteiger partial charge in [-0.25, -0.2) is 9.59 Å². The second-order valence-electron chi connectivity index (χ2n) is 3.96. The predicted molar refractivity (Wildman–Crippen MR) is 65.4 cm³/mol. The number of allylic oxidation sites excluding steroid dienone is 3. The molecule has 4 heteroatoms. The quantitative estimate of drug-likeness (QED) is 0.420. The van der Waals surface area contributed by atoms with E-state index < -0.39 is 11.9 Å². The highest BCUT2D eigenvalue weighted by Gasteiger charge is 2.14. The molecule has 0 amide bonds. The van der Waals surface area contributed by atoms with Gasteiger partial charge in [-0.3, -0.25) is 0 Å². The van der Waals surface area contributed by atoms with Crippen molar-refractivity contribution in [3.63, 3.8) is 0 Å². The fourth-order valence-electron chi connectivity index (χ4n) is 1.09. The summed E-state index contributed by atoms with van der Waals surface area (Å²) >= 11 is 0. The second kappa shape index (κ2) is 8.56. The van der Waals surface area contributed by atoms with E-state index in [0.29, 0.717) is 0 Å². The highest BCUT2D eigenvalue weighted by Crippen LogP contribution is 2.06. The third-order valence-corrected chi connectivity index (χ3v) is 2.09. The Morgan fingerprint density at radius 3 is 2.24 bits per heavy atom. The molecule has 0 rings (SSSR count). The van der Waals surface area contributed by atoms with E-state index in [9.17, 15) is 9.59 Å². The van der Waals surface area contributed by atoms with Gasteiger partial charge in [0.2, 0.25) is 0 Å². The van der Waals surface area contributed by atoms with Gasteiger partial charge >= 0.3 is 11.9 Å². The maximum absolute atomic E-state index is 10.9. The van der Waals surface area contributed by atoms with Crippen LogP contribution in [0.4, 0.5) is 0 Å². The van der Waals surface area contributed by atoms with Gasteiger partial charge < -0.3 is 9.47 Å². The molecule has 17 heavy (non-hydrogen) atoms. The van der Waals surface area contributed by atoms with E-state index in [2.05, 4.69) is 29.4 Å². The number of ether oxygens (including phenoxy) is 2. The molecule has 0 saturated heterocycles. The molecular formula is C13H20O4. The van der Waals surface area contributed by atoms with Crippen LogP contribution < -0.4 is 0 Å². The highest BCUT2D eigenvalue weighted by molar-refractivity contribution is 6.29. The van der Waals surface area contributed by atoms with Gasteiger partial charge in [-0.05, 0) is 39.7 Å². The zero-order chi connectivity index (χ0) is 13.3. The Balaban J connectivity index is 3.88. The molecule has 4 nitrogen and oxygen atoms in total. The van der Waals surface area contributed by atoms with Crippen molar-refractivity contribution in [2.75, 3.05) is 13.7 Å². The summed E-state index contributed by atoms with van der Waals surface area (Å²) in [5.74, 6) is -1.93. The van der Waals surface area contributed by atoms with Crippen LogP contribution in [0.3, 0.4) is 0 Å². The minimum absolute atomic E-state index is 0.106. The van der Waals surface area contributed by atoms with Crippen molar-refractivity contribution >= 4 is 11.9 Å². The highest BCUT2D eigenvalue weighted by atomic mass is 16.6. The molecule has 0 spiro atoms. The van der Waals surface area contributed by atoms with Crippen LogP contribution in [0.1, 0.15) is 33.6 Å². The Bertz CT molecular complexity index is 322. The standard InChI is InChI=1S/C13H20O4/c1-10(2)6-5-7-11(3)8-9-17-13(15)12(14)16-4/h6,8H,5,7,9H2,1-4H3. The van der Waals surface area contributed by atoms with Crippen molar-refractivity contribution in [1.82, 2.24) is 0 Å². The number of methoxy groups -OCH3 is 1. The summed E-state index contributed by atoms with van der Waals surface area (Å²) in [6, 6.07) is 0. The normalized spacial score (nSPS) is 10.7. The van der Waals surface area contributed by atoms with Gasteiger partial charge in [0, 0.05) is 0 Å². The molecule has 0 radical (unpaired) electrons. The van der Waals surface area contributed by atoms with Crippen molar-refractivity contribution in [1.29, 1.82) is 0 Å².